The van der Waals surface area contributed by atoms with Gasteiger partial charge in [0.05, 0.1) is 6.54 Å². The average molecular weight is 249 g/mol. The molecule has 4 heteroatoms. The Kier molecular flexibility index (Phi) is 6.39. The van der Waals surface area contributed by atoms with Gasteiger partial charge in [0.25, 0.3) is 0 Å². The van der Waals surface area contributed by atoms with E-state index in [1.807, 2.05) is 30.3 Å². The van der Waals surface area contributed by atoms with E-state index in [-0.39, 0.29) is 5.91 Å². The van der Waals surface area contributed by atoms with Crippen molar-refractivity contribution in [2.24, 2.45) is 5.73 Å². The van der Waals surface area contributed by atoms with Gasteiger partial charge in [-0.1, -0.05) is 30.3 Å². The van der Waals surface area contributed by atoms with Crippen LogP contribution >= 0.6 is 0 Å². The van der Waals surface area contributed by atoms with Crippen molar-refractivity contribution in [3.05, 3.63) is 35.9 Å². The molecule has 0 aliphatic heterocycles. The van der Waals surface area contributed by atoms with E-state index in [0.717, 1.165) is 12.1 Å². The standard InChI is InChI=1S/C14H23N3O/c1-12(2)17(9-8-15)11-14(18)16-10-13-6-4-3-5-7-13/h3-7,12H,8-11,15H2,1-2H3,(H,16,18). The van der Waals surface area contributed by atoms with Gasteiger partial charge in [-0.2, -0.15) is 0 Å². The Morgan fingerprint density at radius 2 is 2.00 bits per heavy atom. The quantitative estimate of drug-likeness (QED) is 0.757. The molecule has 1 amide bonds. The topological polar surface area (TPSA) is 58.4 Å². The van der Waals surface area contributed by atoms with Gasteiger partial charge in [-0.05, 0) is 19.4 Å². The van der Waals surface area contributed by atoms with Gasteiger partial charge < -0.3 is 11.1 Å². The number of benzene rings is 1. The van der Waals surface area contributed by atoms with Crippen molar-refractivity contribution < 1.29 is 4.79 Å². The predicted octanol–water partition coefficient (Wildman–Crippen LogP) is 0.972. The van der Waals surface area contributed by atoms with Crippen LogP contribution in [0.1, 0.15) is 19.4 Å². The lowest BCUT2D eigenvalue weighted by Gasteiger charge is -2.24. The Hall–Kier alpha value is -1.39. The van der Waals surface area contributed by atoms with E-state index in [1.165, 1.54) is 0 Å². The molecule has 0 spiro atoms. The molecule has 0 atom stereocenters. The highest BCUT2D eigenvalue weighted by Gasteiger charge is 2.12. The van der Waals surface area contributed by atoms with Crippen LogP contribution in [0, 0.1) is 0 Å². The van der Waals surface area contributed by atoms with Crippen LogP contribution in [0.3, 0.4) is 0 Å². The summed E-state index contributed by atoms with van der Waals surface area (Å²) in [5.41, 5.74) is 6.65. The van der Waals surface area contributed by atoms with Crippen molar-refractivity contribution in [2.75, 3.05) is 19.6 Å². The first-order chi connectivity index (χ1) is 8.63. The van der Waals surface area contributed by atoms with Crippen molar-refractivity contribution in [3.8, 4) is 0 Å². The smallest absolute Gasteiger partial charge is 0.234 e. The summed E-state index contributed by atoms with van der Waals surface area (Å²) in [5, 5.41) is 2.92. The fraction of sp³-hybridized carbons (Fsp3) is 0.500. The zero-order valence-corrected chi connectivity index (χ0v) is 11.2. The monoisotopic (exact) mass is 249 g/mol. The molecule has 1 rings (SSSR count). The first-order valence-corrected chi connectivity index (χ1v) is 6.38. The van der Waals surface area contributed by atoms with Crippen LogP contribution < -0.4 is 11.1 Å². The van der Waals surface area contributed by atoms with Gasteiger partial charge in [0.2, 0.25) is 5.91 Å². The number of rotatable bonds is 7. The van der Waals surface area contributed by atoms with E-state index < -0.39 is 0 Å². The molecule has 0 aromatic heterocycles. The van der Waals surface area contributed by atoms with Crippen LogP contribution in [0.4, 0.5) is 0 Å². The van der Waals surface area contributed by atoms with Crippen molar-refractivity contribution in [2.45, 2.75) is 26.4 Å². The van der Waals surface area contributed by atoms with Crippen LogP contribution in [-0.2, 0) is 11.3 Å². The summed E-state index contributed by atoms with van der Waals surface area (Å²) in [5.74, 6) is 0.0426. The number of carbonyl (C=O) groups is 1. The number of nitrogens with zero attached hydrogens (tertiary/aromatic N) is 1. The van der Waals surface area contributed by atoms with Gasteiger partial charge in [0.1, 0.15) is 0 Å². The fourth-order valence-corrected chi connectivity index (χ4v) is 1.72. The summed E-state index contributed by atoms with van der Waals surface area (Å²) in [6, 6.07) is 10.2. The third-order valence-corrected chi connectivity index (χ3v) is 2.83. The third kappa shape index (κ3) is 5.29. The Morgan fingerprint density at radius 1 is 1.33 bits per heavy atom. The maximum absolute atomic E-state index is 11.8. The van der Waals surface area contributed by atoms with Gasteiger partial charge in [-0.3, -0.25) is 9.69 Å². The van der Waals surface area contributed by atoms with E-state index in [4.69, 9.17) is 5.73 Å². The van der Waals surface area contributed by atoms with Crippen LogP contribution in [0.5, 0.6) is 0 Å². The summed E-state index contributed by atoms with van der Waals surface area (Å²) >= 11 is 0. The normalized spacial score (nSPS) is 10.9. The average Bonchev–Trinajstić information content (AvgIpc) is 2.37. The molecule has 0 saturated carbocycles. The van der Waals surface area contributed by atoms with E-state index in [9.17, 15) is 4.79 Å². The molecule has 0 saturated heterocycles. The largest absolute Gasteiger partial charge is 0.351 e. The van der Waals surface area contributed by atoms with Crippen LogP contribution in [-0.4, -0.2) is 36.5 Å². The molecule has 4 nitrogen and oxygen atoms in total. The Morgan fingerprint density at radius 3 is 2.56 bits per heavy atom. The van der Waals surface area contributed by atoms with Crippen molar-refractivity contribution in [1.29, 1.82) is 0 Å². The number of nitrogens with two attached hydrogens (primary N) is 1. The lowest BCUT2D eigenvalue weighted by atomic mass is 10.2. The maximum atomic E-state index is 11.8. The van der Waals surface area contributed by atoms with Crippen molar-refractivity contribution in [3.63, 3.8) is 0 Å². The predicted molar refractivity (Wildman–Crippen MR) is 74.1 cm³/mol. The number of hydrogen-bond donors (Lipinski definition) is 2. The first kappa shape index (κ1) is 14.7. The SMILES string of the molecule is CC(C)N(CCN)CC(=O)NCc1ccccc1. The van der Waals surface area contributed by atoms with Crippen LogP contribution in [0.25, 0.3) is 0 Å². The van der Waals surface area contributed by atoms with Gasteiger partial charge in [0, 0.05) is 25.7 Å². The van der Waals surface area contributed by atoms with Crippen molar-refractivity contribution >= 4 is 5.91 Å². The number of hydrogen-bond acceptors (Lipinski definition) is 3. The molecule has 18 heavy (non-hydrogen) atoms. The van der Waals surface area contributed by atoms with E-state index in [1.54, 1.807) is 0 Å². The highest BCUT2D eigenvalue weighted by molar-refractivity contribution is 5.78. The lowest BCUT2D eigenvalue weighted by molar-refractivity contribution is -0.122. The number of carbonyl (C=O) groups excluding carboxylic acids is 1. The highest BCUT2D eigenvalue weighted by atomic mass is 16.2. The van der Waals surface area contributed by atoms with E-state index in [0.29, 0.717) is 25.7 Å². The zero-order valence-electron chi connectivity index (χ0n) is 11.2. The second-order valence-electron chi connectivity index (χ2n) is 4.62. The zero-order chi connectivity index (χ0) is 13.4. The Labute approximate surface area is 109 Å². The molecule has 0 fully saturated rings. The summed E-state index contributed by atoms with van der Waals surface area (Å²) in [4.78, 5) is 13.9. The Bertz CT molecular complexity index is 351. The van der Waals surface area contributed by atoms with E-state index >= 15 is 0 Å². The molecule has 100 valence electrons. The molecule has 1 aromatic rings. The molecule has 0 unspecified atom stereocenters. The van der Waals surface area contributed by atoms with Gasteiger partial charge >= 0.3 is 0 Å². The molecular formula is C14H23N3O. The van der Waals surface area contributed by atoms with Crippen LogP contribution in [0.15, 0.2) is 30.3 Å². The van der Waals surface area contributed by atoms with Gasteiger partial charge in [0.15, 0.2) is 0 Å². The minimum absolute atomic E-state index is 0.0426. The molecule has 1 aromatic carbocycles. The molecule has 3 N–H and O–H groups in total. The summed E-state index contributed by atoms with van der Waals surface area (Å²) in [6.07, 6.45) is 0. The molecule has 0 heterocycles. The minimum atomic E-state index is 0.0426. The maximum Gasteiger partial charge on any atom is 0.234 e. The molecule has 0 radical (unpaired) electrons. The summed E-state index contributed by atoms with van der Waals surface area (Å²) in [7, 11) is 0. The lowest BCUT2D eigenvalue weighted by Crippen LogP contribution is -2.42. The third-order valence-electron chi connectivity index (χ3n) is 2.83. The number of amides is 1. The second-order valence-corrected chi connectivity index (χ2v) is 4.62. The van der Waals surface area contributed by atoms with Gasteiger partial charge in [-0.25, -0.2) is 0 Å². The summed E-state index contributed by atoms with van der Waals surface area (Å²) < 4.78 is 0. The molecule has 0 aliphatic carbocycles. The van der Waals surface area contributed by atoms with Gasteiger partial charge in [-0.15, -0.1) is 0 Å². The minimum Gasteiger partial charge on any atom is -0.351 e. The number of nitrogens with one attached hydrogen (secondary N) is 1. The highest BCUT2D eigenvalue weighted by Crippen LogP contribution is 1.99. The first-order valence-electron chi connectivity index (χ1n) is 6.38. The molecule has 0 aliphatic rings. The fourth-order valence-electron chi connectivity index (χ4n) is 1.72. The van der Waals surface area contributed by atoms with E-state index in [2.05, 4.69) is 24.1 Å². The second kappa shape index (κ2) is 7.84. The van der Waals surface area contributed by atoms with Crippen LogP contribution in [0.2, 0.25) is 0 Å². The molecule has 0 bridgehead atoms. The Balaban J connectivity index is 2.36. The summed E-state index contributed by atoms with van der Waals surface area (Å²) in [6.45, 7) is 6.44. The molecular weight excluding hydrogens is 226 g/mol. The van der Waals surface area contributed by atoms with Crippen molar-refractivity contribution in [1.82, 2.24) is 10.2 Å².